The normalized spacial score (nSPS) is 13.1. The maximum Gasteiger partial charge on any atom is 0.265 e. The number of nitrogens with one attached hydrogen (secondary N) is 1. The predicted octanol–water partition coefficient (Wildman–Crippen LogP) is 7.82. The average molecular weight is 444 g/mol. The van der Waals surface area contributed by atoms with E-state index in [4.69, 9.17) is 16.3 Å². The number of anilines is 1. The summed E-state index contributed by atoms with van der Waals surface area (Å²) in [5.41, 5.74) is 4.13. The zero-order chi connectivity index (χ0) is 23.4. The van der Waals surface area contributed by atoms with Crippen molar-refractivity contribution in [2.45, 2.75) is 91.6 Å². The lowest BCUT2D eigenvalue weighted by atomic mass is 9.76. The second-order valence-electron chi connectivity index (χ2n) is 9.65. The van der Waals surface area contributed by atoms with E-state index >= 15 is 0 Å². The SMILES string of the molecule is CCC(Oc1ccc(C(C)(C)CC)cc1C(C)(C)CC)C(=O)Nc1ccc(Cl)c(C)c1. The molecule has 170 valence electrons. The molecule has 0 spiro atoms. The number of hydrogen-bond acceptors (Lipinski definition) is 2. The number of halogens is 1. The van der Waals surface area contributed by atoms with Crippen molar-refractivity contribution < 1.29 is 9.53 Å². The largest absolute Gasteiger partial charge is 0.480 e. The first-order valence-electron chi connectivity index (χ1n) is 11.3. The summed E-state index contributed by atoms with van der Waals surface area (Å²) in [6.45, 7) is 17.3. The molecule has 1 N–H and O–H groups in total. The minimum absolute atomic E-state index is 0.0583. The van der Waals surface area contributed by atoms with E-state index in [1.807, 2.05) is 32.0 Å². The van der Waals surface area contributed by atoms with E-state index in [1.165, 1.54) is 5.56 Å². The lowest BCUT2D eigenvalue weighted by Crippen LogP contribution is -2.33. The van der Waals surface area contributed by atoms with Crippen LogP contribution in [0.5, 0.6) is 5.75 Å². The van der Waals surface area contributed by atoms with E-state index in [1.54, 1.807) is 6.07 Å². The molecule has 0 aromatic heterocycles. The molecule has 2 aromatic carbocycles. The second kappa shape index (κ2) is 10.1. The van der Waals surface area contributed by atoms with Gasteiger partial charge in [-0.15, -0.1) is 0 Å². The van der Waals surface area contributed by atoms with Crippen LogP contribution in [-0.4, -0.2) is 12.0 Å². The monoisotopic (exact) mass is 443 g/mol. The summed E-state index contributed by atoms with van der Waals surface area (Å²) >= 11 is 6.11. The third-order valence-electron chi connectivity index (χ3n) is 6.62. The number of aryl methyl sites for hydroxylation is 1. The quantitative estimate of drug-likeness (QED) is 0.428. The topological polar surface area (TPSA) is 38.3 Å². The van der Waals surface area contributed by atoms with Crippen LogP contribution in [0.4, 0.5) is 5.69 Å². The third-order valence-corrected chi connectivity index (χ3v) is 7.04. The predicted molar refractivity (Wildman–Crippen MR) is 133 cm³/mol. The Morgan fingerprint density at radius 2 is 1.65 bits per heavy atom. The van der Waals surface area contributed by atoms with Gasteiger partial charge in [-0.25, -0.2) is 0 Å². The highest BCUT2D eigenvalue weighted by atomic mass is 35.5. The van der Waals surface area contributed by atoms with Crippen LogP contribution in [0, 0.1) is 6.92 Å². The molecule has 1 amide bonds. The Morgan fingerprint density at radius 1 is 1.00 bits per heavy atom. The Labute approximate surface area is 193 Å². The number of hydrogen-bond donors (Lipinski definition) is 1. The molecule has 31 heavy (non-hydrogen) atoms. The number of rotatable bonds is 9. The molecule has 3 nitrogen and oxygen atoms in total. The van der Waals surface area contributed by atoms with E-state index in [-0.39, 0.29) is 16.7 Å². The van der Waals surface area contributed by atoms with Crippen molar-refractivity contribution >= 4 is 23.2 Å². The van der Waals surface area contributed by atoms with Crippen LogP contribution in [-0.2, 0) is 15.6 Å². The third kappa shape index (κ3) is 6.04. The minimum Gasteiger partial charge on any atom is -0.480 e. The summed E-state index contributed by atoms with van der Waals surface area (Å²) in [4.78, 5) is 13.0. The highest BCUT2D eigenvalue weighted by Gasteiger charge is 2.28. The standard InChI is InChI=1S/C27H38ClNO2/c1-9-23(25(30)29-20-13-14-22(28)18(4)16-20)31-24-15-12-19(26(5,6)10-2)17-21(24)27(7,8)11-3/h12-17,23H,9-11H2,1-8H3,(H,29,30). The molecule has 0 saturated heterocycles. The summed E-state index contributed by atoms with van der Waals surface area (Å²) in [5, 5.41) is 3.66. The Balaban J connectivity index is 2.34. The van der Waals surface area contributed by atoms with Crippen LogP contribution in [0.3, 0.4) is 0 Å². The molecule has 0 aliphatic carbocycles. The van der Waals surface area contributed by atoms with Crippen LogP contribution < -0.4 is 10.1 Å². The fourth-order valence-corrected chi connectivity index (χ4v) is 3.52. The van der Waals surface area contributed by atoms with E-state index in [9.17, 15) is 4.79 Å². The molecule has 4 heteroatoms. The van der Waals surface area contributed by atoms with Crippen molar-refractivity contribution in [2.24, 2.45) is 0 Å². The van der Waals surface area contributed by atoms with Gasteiger partial charge in [0.25, 0.3) is 5.91 Å². The summed E-state index contributed by atoms with van der Waals surface area (Å²) in [6.07, 6.45) is 2.03. The number of carbonyl (C=O) groups excluding carboxylic acids is 1. The van der Waals surface area contributed by atoms with Gasteiger partial charge in [0.1, 0.15) is 5.75 Å². The zero-order valence-corrected chi connectivity index (χ0v) is 21.1. The number of benzene rings is 2. The maximum atomic E-state index is 13.0. The summed E-state index contributed by atoms with van der Waals surface area (Å²) in [6, 6.07) is 11.9. The van der Waals surface area contributed by atoms with E-state index < -0.39 is 6.10 Å². The number of amides is 1. The number of carbonyl (C=O) groups is 1. The van der Waals surface area contributed by atoms with E-state index in [0.29, 0.717) is 11.4 Å². The number of ether oxygens (including phenoxy) is 1. The van der Waals surface area contributed by atoms with Gasteiger partial charge in [0.2, 0.25) is 0 Å². The molecule has 0 radical (unpaired) electrons. The average Bonchev–Trinajstić information content (AvgIpc) is 2.74. The molecule has 0 saturated carbocycles. The molecular formula is C27H38ClNO2. The van der Waals surface area contributed by atoms with Crippen LogP contribution in [0.2, 0.25) is 5.02 Å². The Bertz CT molecular complexity index is 917. The van der Waals surface area contributed by atoms with Crippen LogP contribution in [0.1, 0.15) is 84.4 Å². The summed E-state index contributed by atoms with van der Waals surface area (Å²) < 4.78 is 6.33. The highest BCUT2D eigenvalue weighted by molar-refractivity contribution is 6.31. The van der Waals surface area contributed by atoms with Gasteiger partial charge in [0.15, 0.2) is 6.10 Å². The first-order valence-corrected chi connectivity index (χ1v) is 11.7. The van der Waals surface area contributed by atoms with Gasteiger partial charge in [-0.1, -0.05) is 72.2 Å². The molecule has 2 rings (SSSR count). The molecule has 0 bridgehead atoms. The molecule has 1 atom stereocenters. The first kappa shape index (κ1) is 25.3. The maximum absolute atomic E-state index is 13.0. The van der Waals surface area contributed by atoms with Gasteiger partial charge in [-0.05, 0) is 72.4 Å². The van der Waals surface area contributed by atoms with Gasteiger partial charge in [-0.2, -0.15) is 0 Å². The molecule has 0 aliphatic heterocycles. The minimum atomic E-state index is -0.576. The Hall–Kier alpha value is -2.00. The lowest BCUT2D eigenvalue weighted by molar-refractivity contribution is -0.122. The van der Waals surface area contributed by atoms with E-state index in [0.717, 1.165) is 35.4 Å². The molecule has 2 aromatic rings. The molecule has 1 unspecified atom stereocenters. The fraction of sp³-hybridized carbons (Fsp3) is 0.519. The molecular weight excluding hydrogens is 406 g/mol. The lowest BCUT2D eigenvalue weighted by Gasteiger charge is -2.31. The van der Waals surface area contributed by atoms with Gasteiger partial charge in [0, 0.05) is 16.3 Å². The highest BCUT2D eigenvalue weighted by Crippen LogP contribution is 2.39. The van der Waals surface area contributed by atoms with Gasteiger partial charge < -0.3 is 10.1 Å². The fourth-order valence-electron chi connectivity index (χ4n) is 3.40. The van der Waals surface area contributed by atoms with Crippen molar-refractivity contribution in [3.63, 3.8) is 0 Å². The van der Waals surface area contributed by atoms with Crippen molar-refractivity contribution in [3.05, 3.63) is 58.1 Å². The molecule has 0 heterocycles. The van der Waals surface area contributed by atoms with Crippen molar-refractivity contribution in [2.75, 3.05) is 5.32 Å². The smallest absolute Gasteiger partial charge is 0.265 e. The van der Waals surface area contributed by atoms with Crippen molar-refractivity contribution in [1.29, 1.82) is 0 Å². The Morgan fingerprint density at radius 3 is 2.19 bits per heavy atom. The van der Waals surface area contributed by atoms with Crippen LogP contribution in [0.25, 0.3) is 0 Å². The van der Waals surface area contributed by atoms with Gasteiger partial charge in [0.05, 0.1) is 0 Å². The van der Waals surface area contributed by atoms with E-state index in [2.05, 4.69) is 59.0 Å². The van der Waals surface area contributed by atoms with Crippen molar-refractivity contribution in [3.8, 4) is 5.75 Å². The van der Waals surface area contributed by atoms with Gasteiger partial charge >= 0.3 is 0 Å². The molecule has 0 fully saturated rings. The zero-order valence-electron chi connectivity index (χ0n) is 20.4. The summed E-state index contributed by atoms with van der Waals surface area (Å²) in [7, 11) is 0. The first-order chi connectivity index (χ1) is 14.4. The second-order valence-corrected chi connectivity index (χ2v) is 10.1. The van der Waals surface area contributed by atoms with Crippen LogP contribution in [0.15, 0.2) is 36.4 Å². The van der Waals surface area contributed by atoms with Gasteiger partial charge in [-0.3, -0.25) is 4.79 Å². The Kier molecular flexibility index (Phi) is 8.21. The molecule has 0 aliphatic rings. The van der Waals surface area contributed by atoms with Crippen molar-refractivity contribution in [1.82, 2.24) is 0 Å². The summed E-state index contributed by atoms with van der Waals surface area (Å²) in [5.74, 6) is 0.638. The van der Waals surface area contributed by atoms with Crippen LogP contribution >= 0.6 is 11.6 Å².